The van der Waals surface area contributed by atoms with E-state index in [1.807, 2.05) is 12.1 Å². The molecule has 2 aromatic rings. The zero-order chi connectivity index (χ0) is 14.3. The maximum Gasteiger partial charge on any atom is 0.335 e. The molecule has 0 aliphatic heterocycles. The third-order valence-electron chi connectivity index (χ3n) is 2.58. The molecule has 0 radical (unpaired) electrons. The second-order valence-electron chi connectivity index (χ2n) is 4.42. The van der Waals surface area contributed by atoms with Gasteiger partial charge in [0.25, 0.3) is 0 Å². The van der Waals surface area contributed by atoms with Crippen LogP contribution in [-0.4, -0.2) is 16.2 Å². The van der Waals surface area contributed by atoms with E-state index in [1.54, 1.807) is 42.5 Å². The number of carboxylic acids is 1. The molecule has 2 aromatic carbocycles. The highest BCUT2D eigenvalue weighted by Gasteiger charge is 1.97. The Labute approximate surface area is 113 Å². The average Bonchev–Trinajstić information content (AvgIpc) is 2.41. The van der Waals surface area contributed by atoms with E-state index in [-0.39, 0.29) is 0 Å². The number of carboxylic acid groups (broad SMARTS) is 1. The largest absolute Gasteiger partial charge is 0.508 e. The van der Waals surface area contributed by atoms with E-state index < -0.39 is 5.97 Å². The van der Waals surface area contributed by atoms with Gasteiger partial charge in [0.05, 0.1) is 5.56 Å². The Bertz CT molecular complexity index is 501. The first kappa shape index (κ1) is 14.8. The van der Waals surface area contributed by atoms with Crippen molar-refractivity contribution in [1.82, 2.24) is 0 Å². The minimum Gasteiger partial charge on any atom is -0.508 e. The van der Waals surface area contributed by atoms with E-state index in [0.717, 1.165) is 0 Å². The van der Waals surface area contributed by atoms with Crippen LogP contribution in [0.3, 0.4) is 0 Å². The number of aromatic carboxylic acids is 1. The molecule has 0 aromatic heterocycles. The summed E-state index contributed by atoms with van der Waals surface area (Å²) in [7, 11) is 0. The van der Waals surface area contributed by atoms with Gasteiger partial charge in [0.2, 0.25) is 0 Å². The molecule has 0 amide bonds. The lowest BCUT2D eigenvalue weighted by molar-refractivity contribution is 0.0697. The van der Waals surface area contributed by atoms with Crippen molar-refractivity contribution >= 4 is 5.97 Å². The topological polar surface area (TPSA) is 57.5 Å². The molecule has 0 aliphatic carbocycles. The van der Waals surface area contributed by atoms with Crippen LogP contribution in [0.5, 0.6) is 5.75 Å². The van der Waals surface area contributed by atoms with Crippen LogP contribution in [0.15, 0.2) is 54.6 Å². The van der Waals surface area contributed by atoms with Crippen molar-refractivity contribution in [2.24, 2.45) is 0 Å². The molecule has 0 spiro atoms. The summed E-state index contributed by atoms with van der Waals surface area (Å²) < 4.78 is 0. The van der Waals surface area contributed by atoms with Crippen molar-refractivity contribution in [3.63, 3.8) is 0 Å². The quantitative estimate of drug-likeness (QED) is 0.858. The normalized spacial score (nSPS) is 9.63. The van der Waals surface area contributed by atoms with E-state index in [4.69, 9.17) is 10.2 Å². The Hall–Kier alpha value is -2.29. The van der Waals surface area contributed by atoms with Crippen LogP contribution in [0.1, 0.15) is 35.7 Å². The van der Waals surface area contributed by atoms with Gasteiger partial charge in [-0.05, 0) is 35.7 Å². The molecule has 0 saturated carbocycles. The van der Waals surface area contributed by atoms with E-state index in [1.165, 1.54) is 5.56 Å². The molecular weight excluding hydrogens is 240 g/mol. The van der Waals surface area contributed by atoms with Crippen LogP contribution >= 0.6 is 0 Å². The number of hydrogen-bond donors (Lipinski definition) is 2. The first-order chi connectivity index (χ1) is 9.00. The SMILES string of the molecule is CC(C)c1ccc(O)cc1.O=C(O)c1ccccc1. The summed E-state index contributed by atoms with van der Waals surface area (Å²) in [4.78, 5) is 10.2. The third kappa shape index (κ3) is 5.25. The van der Waals surface area contributed by atoms with Gasteiger partial charge in [-0.25, -0.2) is 4.79 Å². The standard InChI is InChI=1S/C9H12O.C7H6O2/c1-7(2)8-3-5-9(10)6-4-8;8-7(9)6-4-2-1-3-5-6/h3-7,10H,1-2H3;1-5H,(H,8,9). The van der Waals surface area contributed by atoms with Gasteiger partial charge in [0.1, 0.15) is 5.75 Å². The summed E-state index contributed by atoms with van der Waals surface area (Å²) in [6.45, 7) is 4.26. The van der Waals surface area contributed by atoms with Crippen molar-refractivity contribution < 1.29 is 15.0 Å². The van der Waals surface area contributed by atoms with Gasteiger partial charge < -0.3 is 10.2 Å². The predicted molar refractivity (Wildman–Crippen MR) is 75.6 cm³/mol. The van der Waals surface area contributed by atoms with Gasteiger partial charge in [0, 0.05) is 0 Å². The first-order valence-corrected chi connectivity index (χ1v) is 6.08. The van der Waals surface area contributed by atoms with Gasteiger partial charge >= 0.3 is 5.97 Å². The molecule has 2 N–H and O–H groups in total. The number of phenolic OH excluding ortho intramolecular Hbond substituents is 1. The van der Waals surface area contributed by atoms with Gasteiger partial charge in [-0.2, -0.15) is 0 Å². The average molecular weight is 258 g/mol. The molecule has 19 heavy (non-hydrogen) atoms. The molecule has 0 saturated heterocycles. The second kappa shape index (κ2) is 7.21. The van der Waals surface area contributed by atoms with E-state index in [9.17, 15) is 4.79 Å². The van der Waals surface area contributed by atoms with Crippen molar-refractivity contribution in [3.05, 3.63) is 65.7 Å². The predicted octanol–water partition coefficient (Wildman–Crippen LogP) is 3.90. The maximum atomic E-state index is 10.2. The Morgan fingerprint density at radius 1 is 0.947 bits per heavy atom. The fourth-order valence-electron chi connectivity index (χ4n) is 1.44. The zero-order valence-corrected chi connectivity index (χ0v) is 11.1. The second-order valence-corrected chi connectivity index (χ2v) is 4.42. The van der Waals surface area contributed by atoms with Gasteiger partial charge in [-0.3, -0.25) is 0 Å². The van der Waals surface area contributed by atoms with Crippen LogP contribution in [0.4, 0.5) is 0 Å². The van der Waals surface area contributed by atoms with Crippen LogP contribution in [0.2, 0.25) is 0 Å². The fraction of sp³-hybridized carbons (Fsp3) is 0.188. The van der Waals surface area contributed by atoms with E-state index in [0.29, 0.717) is 17.2 Å². The van der Waals surface area contributed by atoms with Crippen molar-refractivity contribution in [2.45, 2.75) is 19.8 Å². The highest BCUT2D eigenvalue weighted by atomic mass is 16.4. The number of phenols is 1. The minimum absolute atomic E-state index is 0.331. The van der Waals surface area contributed by atoms with Crippen molar-refractivity contribution in [3.8, 4) is 5.75 Å². The fourth-order valence-corrected chi connectivity index (χ4v) is 1.44. The summed E-state index contributed by atoms with van der Waals surface area (Å²) in [5, 5.41) is 17.3. The monoisotopic (exact) mass is 258 g/mol. The van der Waals surface area contributed by atoms with Gasteiger partial charge in [0.15, 0.2) is 0 Å². The van der Waals surface area contributed by atoms with Crippen LogP contribution in [0, 0.1) is 0 Å². The first-order valence-electron chi connectivity index (χ1n) is 6.08. The van der Waals surface area contributed by atoms with Crippen molar-refractivity contribution in [1.29, 1.82) is 0 Å². The molecule has 100 valence electrons. The number of carbonyl (C=O) groups is 1. The highest BCUT2D eigenvalue weighted by Crippen LogP contribution is 2.16. The molecule has 0 fully saturated rings. The lowest BCUT2D eigenvalue weighted by atomic mass is 10.0. The molecule has 0 bridgehead atoms. The maximum absolute atomic E-state index is 10.2. The van der Waals surface area contributed by atoms with Gasteiger partial charge in [-0.15, -0.1) is 0 Å². The lowest BCUT2D eigenvalue weighted by Gasteiger charge is -2.03. The Balaban J connectivity index is 0.000000191. The Morgan fingerprint density at radius 2 is 1.47 bits per heavy atom. The molecule has 0 heterocycles. The molecular formula is C16H18O3. The molecule has 3 nitrogen and oxygen atoms in total. The van der Waals surface area contributed by atoms with Crippen molar-refractivity contribution in [2.75, 3.05) is 0 Å². The Morgan fingerprint density at radius 3 is 1.84 bits per heavy atom. The van der Waals surface area contributed by atoms with E-state index in [2.05, 4.69) is 13.8 Å². The van der Waals surface area contributed by atoms with E-state index >= 15 is 0 Å². The Kier molecular flexibility index (Phi) is 5.61. The number of aromatic hydroxyl groups is 1. The summed E-state index contributed by atoms with van der Waals surface area (Å²) in [6, 6.07) is 15.6. The highest BCUT2D eigenvalue weighted by molar-refractivity contribution is 5.87. The third-order valence-corrected chi connectivity index (χ3v) is 2.58. The minimum atomic E-state index is -0.879. The molecule has 0 aliphatic rings. The van der Waals surface area contributed by atoms with Gasteiger partial charge in [-0.1, -0.05) is 44.2 Å². The number of hydrogen-bond acceptors (Lipinski definition) is 2. The summed E-state index contributed by atoms with van der Waals surface area (Å²) in [5.74, 6) is 0.000556. The molecule has 0 unspecified atom stereocenters. The molecule has 0 atom stereocenters. The molecule has 2 rings (SSSR count). The van der Waals surface area contributed by atoms with Crippen LogP contribution in [-0.2, 0) is 0 Å². The molecule has 3 heteroatoms. The summed E-state index contributed by atoms with van der Waals surface area (Å²) >= 11 is 0. The zero-order valence-electron chi connectivity index (χ0n) is 11.1. The van der Waals surface area contributed by atoms with Crippen LogP contribution < -0.4 is 0 Å². The summed E-state index contributed by atoms with van der Waals surface area (Å²) in [5.41, 5.74) is 1.59. The number of rotatable bonds is 2. The van der Waals surface area contributed by atoms with Crippen LogP contribution in [0.25, 0.3) is 0 Å². The smallest absolute Gasteiger partial charge is 0.335 e. The lowest BCUT2D eigenvalue weighted by Crippen LogP contribution is -1.93. The summed E-state index contributed by atoms with van der Waals surface area (Å²) in [6.07, 6.45) is 0. The number of benzene rings is 2.